The van der Waals surface area contributed by atoms with Gasteiger partial charge in [-0.15, -0.1) is 0 Å². The largest absolute Gasteiger partial charge is 0.373 e. The van der Waals surface area contributed by atoms with E-state index in [0.717, 1.165) is 41.6 Å². The Hall–Kier alpha value is -1.62. The number of nitrogens with zero attached hydrogens (tertiary/aromatic N) is 2. The van der Waals surface area contributed by atoms with Gasteiger partial charge < -0.3 is 10.6 Å². The number of hydrogen-bond donors (Lipinski definition) is 2. The van der Waals surface area contributed by atoms with E-state index in [1.807, 2.05) is 25.4 Å². The molecule has 0 spiro atoms. The van der Waals surface area contributed by atoms with Gasteiger partial charge in [-0.2, -0.15) is 11.3 Å². The van der Waals surface area contributed by atoms with Crippen molar-refractivity contribution in [3.8, 4) is 0 Å². The van der Waals surface area contributed by atoms with Crippen molar-refractivity contribution >= 4 is 28.7 Å². The molecule has 0 radical (unpaired) electrons. The van der Waals surface area contributed by atoms with Crippen LogP contribution in [-0.4, -0.2) is 17.0 Å². The molecule has 0 atom stereocenters. The molecule has 0 fully saturated rings. The van der Waals surface area contributed by atoms with E-state index in [-0.39, 0.29) is 0 Å². The molecule has 0 aromatic carbocycles. The molecule has 0 aliphatic heterocycles. The second-order valence-corrected chi connectivity index (χ2v) is 4.88. The van der Waals surface area contributed by atoms with E-state index in [9.17, 15) is 0 Å². The van der Waals surface area contributed by atoms with E-state index in [0.29, 0.717) is 0 Å². The highest BCUT2D eigenvalue weighted by molar-refractivity contribution is 7.08. The van der Waals surface area contributed by atoms with E-state index in [4.69, 9.17) is 0 Å². The van der Waals surface area contributed by atoms with Crippen molar-refractivity contribution in [1.82, 2.24) is 9.97 Å². The highest BCUT2D eigenvalue weighted by Crippen LogP contribution is 2.24. The summed E-state index contributed by atoms with van der Waals surface area (Å²) < 4.78 is 0. The summed E-state index contributed by atoms with van der Waals surface area (Å²) in [6, 6.07) is 2.05. The van der Waals surface area contributed by atoms with Gasteiger partial charge in [0.2, 0.25) is 0 Å². The maximum atomic E-state index is 4.59. The molecule has 5 heteroatoms. The van der Waals surface area contributed by atoms with Crippen LogP contribution in [0, 0.1) is 6.92 Å². The van der Waals surface area contributed by atoms with Gasteiger partial charge in [-0.05, 0) is 24.8 Å². The van der Waals surface area contributed by atoms with Crippen LogP contribution in [-0.2, 0) is 6.42 Å². The first-order valence-corrected chi connectivity index (χ1v) is 7.03. The van der Waals surface area contributed by atoms with Gasteiger partial charge in [0.15, 0.2) is 0 Å². The lowest BCUT2D eigenvalue weighted by atomic mass is 10.2. The highest BCUT2D eigenvalue weighted by atomic mass is 32.1. The van der Waals surface area contributed by atoms with E-state index >= 15 is 0 Å². The van der Waals surface area contributed by atoms with Gasteiger partial charge in [-0.25, -0.2) is 9.97 Å². The minimum Gasteiger partial charge on any atom is -0.373 e. The van der Waals surface area contributed by atoms with Crippen molar-refractivity contribution < 1.29 is 0 Å². The van der Waals surface area contributed by atoms with Gasteiger partial charge >= 0.3 is 0 Å². The smallest absolute Gasteiger partial charge is 0.139 e. The van der Waals surface area contributed by atoms with Crippen LogP contribution in [0.4, 0.5) is 17.3 Å². The molecule has 2 heterocycles. The number of thiophene rings is 1. The molecule has 0 amide bonds. The highest BCUT2D eigenvalue weighted by Gasteiger charge is 2.10. The number of rotatable bonds is 5. The van der Waals surface area contributed by atoms with Gasteiger partial charge in [0, 0.05) is 24.4 Å². The second kappa shape index (κ2) is 5.82. The number of anilines is 3. The van der Waals surface area contributed by atoms with Crippen LogP contribution in [0.1, 0.15) is 24.7 Å². The molecule has 0 unspecified atom stereocenters. The fraction of sp³-hybridized carbons (Fsp3) is 0.385. The standard InChI is InChI=1S/C13H18N4S/c1-4-5-11-16-12(14-3)9(2)13(17-11)15-10-6-7-18-8-10/h6-8H,4-5H2,1-3H3,(H2,14,15,16,17). The molecule has 96 valence electrons. The molecular weight excluding hydrogens is 244 g/mol. The van der Waals surface area contributed by atoms with E-state index in [1.165, 1.54) is 0 Å². The number of hydrogen-bond acceptors (Lipinski definition) is 5. The Morgan fingerprint density at radius 2 is 2.06 bits per heavy atom. The Bertz CT molecular complexity index is 508. The molecule has 4 nitrogen and oxygen atoms in total. The van der Waals surface area contributed by atoms with Crippen molar-refractivity contribution in [2.24, 2.45) is 0 Å². The van der Waals surface area contributed by atoms with Crippen molar-refractivity contribution in [2.75, 3.05) is 17.7 Å². The Balaban J connectivity index is 2.34. The summed E-state index contributed by atoms with van der Waals surface area (Å²) in [5, 5.41) is 10.6. The molecule has 2 aromatic rings. The topological polar surface area (TPSA) is 49.8 Å². The van der Waals surface area contributed by atoms with Crippen molar-refractivity contribution in [2.45, 2.75) is 26.7 Å². The summed E-state index contributed by atoms with van der Waals surface area (Å²) in [7, 11) is 1.89. The number of aryl methyl sites for hydroxylation is 1. The maximum absolute atomic E-state index is 4.59. The van der Waals surface area contributed by atoms with Crippen LogP contribution in [0.15, 0.2) is 16.8 Å². The molecule has 0 bridgehead atoms. The fourth-order valence-electron chi connectivity index (χ4n) is 1.74. The average molecular weight is 262 g/mol. The maximum Gasteiger partial charge on any atom is 0.139 e. The van der Waals surface area contributed by atoms with Crippen molar-refractivity contribution in [3.63, 3.8) is 0 Å². The van der Waals surface area contributed by atoms with E-state index in [1.54, 1.807) is 11.3 Å². The molecule has 0 saturated carbocycles. The Kier molecular flexibility index (Phi) is 4.15. The third-order valence-corrected chi connectivity index (χ3v) is 3.37. The van der Waals surface area contributed by atoms with Crippen LogP contribution in [0.3, 0.4) is 0 Å². The van der Waals surface area contributed by atoms with Gasteiger partial charge in [0.1, 0.15) is 17.5 Å². The minimum atomic E-state index is 0.880. The second-order valence-electron chi connectivity index (χ2n) is 4.10. The zero-order chi connectivity index (χ0) is 13.0. The average Bonchev–Trinajstić information content (AvgIpc) is 2.86. The first-order chi connectivity index (χ1) is 8.74. The fourth-order valence-corrected chi connectivity index (χ4v) is 2.32. The molecule has 0 saturated heterocycles. The zero-order valence-corrected chi connectivity index (χ0v) is 11.8. The van der Waals surface area contributed by atoms with Gasteiger partial charge in [-0.1, -0.05) is 6.92 Å². The van der Waals surface area contributed by atoms with Crippen molar-refractivity contribution in [3.05, 3.63) is 28.2 Å². The van der Waals surface area contributed by atoms with Crippen LogP contribution < -0.4 is 10.6 Å². The van der Waals surface area contributed by atoms with E-state index in [2.05, 4.69) is 32.9 Å². The quantitative estimate of drug-likeness (QED) is 0.864. The summed E-state index contributed by atoms with van der Waals surface area (Å²) in [6.45, 7) is 4.16. The Labute approximate surface area is 111 Å². The first-order valence-electron chi connectivity index (χ1n) is 6.09. The monoisotopic (exact) mass is 262 g/mol. The van der Waals surface area contributed by atoms with Crippen LogP contribution in [0.2, 0.25) is 0 Å². The lowest BCUT2D eigenvalue weighted by Crippen LogP contribution is -2.07. The molecule has 0 aliphatic carbocycles. The van der Waals surface area contributed by atoms with Crippen LogP contribution in [0.5, 0.6) is 0 Å². The molecular formula is C13H18N4S. The van der Waals surface area contributed by atoms with E-state index < -0.39 is 0 Å². The predicted molar refractivity (Wildman–Crippen MR) is 77.9 cm³/mol. The molecule has 0 aliphatic rings. The summed E-state index contributed by atoms with van der Waals surface area (Å²) in [6.07, 6.45) is 1.94. The zero-order valence-electron chi connectivity index (χ0n) is 10.9. The molecule has 2 rings (SSSR count). The third kappa shape index (κ3) is 2.79. The Morgan fingerprint density at radius 3 is 2.67 bits per heavy atom. The first kappa shape index (κ1) is 12.8. The normalized spacial score (nSPS) is 10.4. The van der Waals surface area contributed by atoms with Gasteiger partial charge in [0.05, 0.1) is 5.69 Å². The number of aromatic nitrogens is 2. The lowest BCUT2D eigenvalue weighted by Gasteiger charge is -2.12. The van der Waals surface area contributed by atoms with Crippen LogP contribution in [0.25, 0.3) is 0 Å². The van der Waals surface area contributed by atoms with Gasteiger partial charge in [-0.3, -0.25) is 0 Å². The SMILES string of the molecule is CCCc1nc(NC)c(C)c(Nc2ccsc2)n1. The Morgan fingerprint density at radius 1 is 1.28 bits per heavy atom. The molecule has 2 N–H and O–H groups in total. The third-order valence-electron chi connectivity index (χ3n) is 2.69. The van der Waals surface area contributed by atoms with Crippen molar-refractivity contribution in [1.29, 1.82) is 0 Å². The predicted octanol–water partition coefficient (Wildman–Crippen LogP) is 3.58. The lowest BCUT2D eigenvalue weighted by molar-refractivity contribution is 0.835. The summed E-state index contributed by atoms with van der Waals surface area (Å²) >= 11 is 1.67. The summed E-state index contributed by atoms with van der Waals surface area (Å²) in [5.41, 5.74) is 2.12. The summed E-state index contributed by atoms with van der Waals surface area (Å²) in [5.74, 6) is 2.66. The summed E-state index contributed by atoms with van der Waals surface area (Å²) in [4.78, 5) is 9.10. The van der Waals surface area contributed by atoms with Crippen LogP contribution >= 0.6 is 11.3 Å². The minimum absolute atomic E-state index is 0.880. The van der Waals surface area contributed by atoms with Gasteiger partial charge in [0.25, 0.3) is 0 Å². The molecule has 2 aromatic heterocycles. The number of nitrogens with one attached hydrogen (secondary N) is 2. The molecule has 18 heavy (non-hydrogen) atoms.